The predicted octanol–water partition coefficient (Wildman–Crippen LogP) is 4.43. The molecule has 0 spiro atoms. The first-order valence-corrected chi connectivity index (χ1v) is 22.0. The summed E-state index contributed by atoms with van der Waals surface area (Å²) in [4.78, 5) is 79.3. The van der Waals surface area contributed by atoms with Crippen LogP contribution >= 0.6 is 0 Å². The first-order valence-electron chi connectivity index (χ1n) is 22.0. The van der Waals surface area contributed by atoms with Crippen LogP contribution in [0.5, 0.6) is 11.5 Å². The molecular weight excluding hydrogens is 789 g/mol. The number of anilines is 2. The average Bonchev–Trinajstić information content (AvgIpc) is 3.49. The van der Waals surface area contributed by atoms with Gasteiger partial charge in [0.1, 0.15) is 23.4 Å². The van der Waals surface area contributed by atoms with E-state index >= 15 is 0 Å². The highest BCUT2D eigenvalue weighted by molar-refractivity contribution is 6.23. The number of carbonyl (C=O) groups excluding carboxylic acids is 4. The molecule has 0 saturated carbocycles. The number of amides is 4. The molecule has 5 aliphatic rings. The molecule has 0 radical (unpaired) electrons. The Kier molecular flexibility index (Phi) is 11.3. The molecule has 326 valence electrons. The second-order valence-corrected chi connectivity index (χ2v) is 17.8. The topological polar surface area (TPSA) is 150 Å². The number of rotatable bonds is 11. The number of aromatic nitrogens is 2. The number of piperidine rings is 2. The van der Waals surface area contributed by atoms with Gasteiger partial charge in [0, 0.05) is 100 Å². The van der Waals surface area contributed by atoms with Gasteiger partial charge in [-0.15, -0.1) is 0 Å². The molecule has 7 heterocycles. The largest absolute Gasteiger partial charge is 0.496 e. The summed E-state index contributed by atoms with van der Waals surface area (Å²) in [5.41, 5.74) is 4.29. The van der Waals surface area contributed by atoms with E-state index in [0.29, 0.717) is 41.1 Å². The number of ether oxygens (including phenoxy) is 2. The van der Waals surface area contributed by atoms with E-state index < -0.39 is 23.8 Å². The van der Waals surface area contributed by atoms with Crippen molar-refractivity contribution in [3.05, 3.63) is 75.8 Å². The minimum atomic E-state index is -0.970. The van der Waals surface area contributed by atoms with Crippen molar-refractivity contribution in [1.82, 2.24) is 29.6 Å². The molecule has 4 amide bonds. The summed E-state index contributed by atoms with van der Waals surface area (Å²) < 4.78 is 13.8. The van der Waals surface area contributed by atoms with Gasteiger partial charge in [-0.25, -0.2) is 4.98 Å². The molecule has 4 fully saturated rings. The molecular formula is C47H56N8O7. The quantitative estimate of drug-likeness (QED) is 0.213. The first-order chi connectivity index (χ1) is 29.9. The van der Waals surface area contributed by atoms with Crippen LogP contribution in [0.15, 0.2) is 53.6 Å². The number of nitrogens with zero attached hydrogens (tertiary/aromatic N) is 7. The van der Waals surface area contributed by atoms with Gasteiger partial charge in [-0.2, -0.15) is 0 Å². The maximum absolute atomic E-state index is 13.4. The summed E-state index contributed by atoms with van der Waals surface area (Å²) >= 11 is 0. The normalized spacial score (nSPS) is 22.6. The summed E-state index contributed by atoms with van der Waals surface area (Å²) in [6, 6.07) is 11.2. The van der Waals surface area contributed by atoms with Crippen molar-refractivity contribution in [3.8, 4) is 22.6 Å². The first kappa shape index (κ1) is 41.5. The minimum Gasteiger partial charge on any atom is -0.496 e. The van der Waals surface area contributed by atoms with Crippen molar-refractivity contribution >= 4 is 45.9 Å². The summed E-state index contributed by atoms with van der Waals surface area (Å²) in [5.74, 6) is 1.03. The standard InChI is InChI=1S/C47H56N8O7/c1-28-24-51(16-11-30-12-17-52(18-13-30)32-7-8-33-35(21-32)47(60)55(46(33)59)39-9-10-43(56)49-44(39)57)25-29(2)54(28)27-38-40(61-4)19-31(20-41(38)62-5)37-26-50(3)45(58)36-23-48-42(22-34(36)37)53-14-6-15-53/h7-8,19-23,26,28-30,39H,6,9-18,24-25,27H2,1-5H3,(H,49,56,57)/t28-,29-,39?/m1/s1. The molecule has 5 aliphatic heterocycles. The fourth-order valence-corrected chi connectivity index (χ4v) is 10.2. The molecule has 9 rings (SSSR count). The number of fused-ring (bicyclic) bond motifs is 2. The van der Waals surface area contributed by atoms with E-state index in [2.05, 4.69) is 55.9 Å². The van der Waals surface area contributed by atoms with Crippen LogP contribution in [0.2, 0.25) is 0 Å². The number of piperazine rings is 1. The average molecular weight is 845 g/mol. The van der Waals surface area contributed by atoms with E-state index in [9.17, 15) is 24.0 Å². The van der Waals surface area contributed by atoms with Crippen LogP contribution in [0.4, 0.5) is 11.5 Å². The second-order valence-electron chi connectivity index (χ2n) is 17.8. The predicted molar refractivity (Wildman–Crippen MR) is 236 cm³/mol. The van der Waals surface area contributed by atoms with Crippen LogP contribution in [0, 0.1) is 5.92 Å². The molecule has 2 aromatic carbocycles. The number of nitrogens with one attached hydrogen (secondary N) is 1. The van der Waals surface area contributed by atoms with Crippen molar-refractivity contribution < 1.29 is 28.7 Å². The van der Waals surface area contributed by atoms with Crippen LogP contribution in [-0.4, -0.2) is 126 Å². The third-order valence-electron chi connectivity index (χ3n) is 13.9. The van der Waals surface area contributed by atoms with Crippen LogP contribution < -0.4 is 30.1 Å². The number of carbonyl (C=O) groups is 4. The van der Waals surface area contributed by atoms with E-state index in [-0.39, 0.29) is 24.3 Å². The van der Waals surface area contributed by atoms with E-state index in [0.717, 1.165) is 121 Å². The van der Waals surface area contributed by atoms with E-state index in [1.54, 1.807) is 44.2 Å². The number of pyridine rings is 2. The third-order valence-corrected chi connectivity index (χ3v) is 13.9. The highest BCUT2D eigenvalue weighted by Crippen LogP contribution is 2.40. The summed E-state index contributed by atoms with van der Waals surface area (Å²) in [5, 5.41) is 3.70. The van der Waals surface area contributed by atoms with Crippen molar-refractivity contribution in [3.63, 3.8) is 0 Å². The summed E-state index contributed by atoms with van der Waals surface area (Å²) in [7, 11) is 5.18. The Bertz CT molecular complexity index is 2470. The molecule has 4 aromatic rings. The summed E-state index contributed by atoms with van der Waals surface area (Å²) in [6.07, 6.45) is 8.17. The zero-order chi connectivity index (χ0) is 43.4. The molecule has 2 aromatic heterocycles. The lowest BCUT2D eigenvalue weighted by molar-refractivity contribution is -0.136. The SMILES string of the molecule is COc1cc(-c2cn(C)c(=O)c3cnc(N4CCC4)cc23)cc(OC)c1CN1[C@H](C)CN(CCC2CCN(c3ccc4c(c3)C(=O)N(C3CCC(=O)NC3=O)C4=O)CC2)C[C@H]1C. The van der Waals surface area contributed by atoms with Gasteiger partial charge in [-0.1, -0.05) is 0 Å². The van der Waals surface area contributed by atoms with Gasteiger partial charge >= 0.3 is 0 Å². The summed E-state index contributed by atoms with van der Waals surface area (Å²) in [6.45, 7) is 11.9. The molecule has 3 atom stereocenters. The van der Waals surface area contributed by atoms with Gasteiger partial charge in [-0.05, 0) is 100 Å². The lowest BCUT2D eigenvalue weighted by Gasteiger charge is -2.45. The molecule has 0 aliphatic carbocycles. The molecule has 62 heavy (non-hydrogen) atoms. The Morgan fingerprint density at radius 1 is 0.790 bits per heavy atom. The smallest absolute Gasteiger partial charge is 0.262 e. The lowest BCUT2D eigenvalue weighted by atomic mass is 9.92. The highest BCUT2D eigenvalue weighted by Gasteiger charge is 2.45. The van der Waals surface area contributed by atoms with Gasteiger partial charge in [-0.3, -0.25) is 39.1 Å². The highest BCUT2D eigenvalue weighted by atomic mass is 16.5. The maximum Gasteiger partial charge on any atom is 0.262 e. The van der Waals surface area contributed by atoms with Gasteiger partial charge in [0.2, 0.25) is 11.8 Å². The van der Waals surface area contributed by atoms with Gasteiger partial charge in [0.05, 0.1) is 36.3 Å². The minimum absolute atomic E-state index is 0.0794. The Morgan fingerprint density at radius 2 is 1.48 bits per heavy atom. The second kappa shape index (κ2) is 16.8. The van der Waals surface area contributed by atoms with Crippen molar-refractivity contribution in [1.29, 1.82) is 0 Å². The van der Waals surface area contributed by atoms with Gasteiger partial charge in [0.15, 0.2) is 0 Å². The number of aryl methyl sites for hydroxylation is 1. The monoisotopic (exact) mass is 844 g/mol. The number of hydrogen-bond donors (Lipinski definition) is 1. The Balaban J connectivity index is 0.817. The Labute approximate surface area is 361 Å². The fraction of sp³-hybridized carbons (Fsp3) is 0.489. The van der Waals surface area contributed by atoms with Crippen molar-refractivity contribution in [2.24, 2.45) is 13.0 Å². The van der Waals surface area contributed by atoms with Gasteiger partial charge in [0.25, 0.3) is 17.4 Å². The molecule has 4 saturated heterocycles. The number of benzene rings is 2. The van der Waals surface area contributed by atoms with E-state index in [1.165, 1.54) is 0 Å². The van der Waals surface area contributed by atoms with Crippen molar-refractivity contribution in [2.45, 2.75) is 77.0 Å². The Hall–Kier alpha value is -5.80. The molecule has 0 bridgehead atoms. The zero-order valence-corrected chi connectivity index (χ0v) is 36.3. The molecule has 1 unspecified atom stereocenters. The maximum atomic E-state index is 13.4. The van der Waals surface area contributed by atoms with Crippen LogP contribution in [0.3, 0.4) is 0 Å². The van der Waals surface area contributed by atoms with Crippen molar-refractivity contribution in [2.75, 3.05) is 69.8 Å². The molecule has 15 heteroatoms. The Morgan fingerprint density at radius 3 is 2.13 bits per heavy atom. The van der Waals surface area contributed by atoms with E-state index in [4.69, 9.17) is 9.47 Å². The number of hydrogen-bond acceptors (Lipinski definition) is 12. The van der Waals surface area contributed by atoms with E-state index in [1.807, 2.05) is 18.3 Å². The third kappa shape index (κ3) is 7.59. The molecule has 15 nitrogen and oxygen atoms in total. The van der Waals surface area contributed by atoms with Gasteiger partial charge < -0.3 is 28.7 Å². The fourth-order valence-electron chi connectivity index (χ4n) is 10.2. The van der Waals surface area contributed by atoms with Crippen LogP contribution in [0.1, 0.15) is 78.7 Å². The number of imide groups is 2. The number of methoxy groups -OCH3 is 2. The van der Waals surface area contributed by atoms with Crippen LogP contribution in [-0.2, 0) is 23.2 Å². The lowest BCUT2D eigenvalue weighted by Crippen LogP contribution is -2.56. The molecule has 1 N–H and O–H groups in total. The van der Waals surface area contributed by atoms with Crippen LogP contribution in [0.25, 0.3) is 21.9 Å². The zero-order valence-electron chi connectivity index (χ0n) is 36.3.